The van der Waals surface area contributed by atoms with E-state index in [9.17, 15) is 4.79 Å². The number of benzene rings is 1. The molecule has 0 atom stereocenters. The Balaban J connectivity index is 1.98. The van der Waals surface area contributed by atoms with E-state index in [1.807, 2.05) is 41.5 Å². The SMILES string of the molecule is Cc1ccsc1C(=O)N1CCc2ccccc21. The van der Waals surface area contributed by atoms with Crippen LogP contribution >= 0.6 is 11.3 Å². The van der Waals surface area contributed by atoms with Gasteiger partial charge in [0.25, 0.3) is 5.91 Å². The first kappa shape index (κ1) is 10.5. The zero-order chi connectivity index (χ0) is 11.8. The average Bonchev–Trinajstić information content (AvgIpc) is 2.94. The molecule has 3 rings (SSSR count). The van der Waals surface area contributed by atoms with Crippen LogP contribution in [0.2, 0.25) is 0 Å². The van der Waals surface area contributed by atoms with Gasteiger partial charge in [0.2, 0.25) is 0 Å². The lowest BCUT2D eigenvalue weighted by atomic mass is 10.2. The Morgan fingerprint density at radius 3 is 2.88 bits per heavy atom. The molecule has 1 amide bonds. The van der Waals surface area contributed by atoms with Gasteiger partial charge in [0.05, 0.1) is 4.88 Å². The summed E-state index contributed by atoms with van der Waals surface area (Å²) in [6.45, 7) is 2.79. The van der Waals surface area contributed by atoms with Crippen LogP contribution in [0.5, 0.6) is 0 Å². The fraction of sp³-hybridized carbons (Fsp3) is 0.214. The van der Waals surface area contributed by atoms with Crippen LogP contribution in [0.25, 0.3) is 0 Å². The summed E-state index contributed by atoms with van der Waals surface area (Å²) in [6.07, 6.45) is 0.965. The fourth-order valence-corrected chi connectivity index (χ4v) is 3.14. The van der Waals surface area contributed by atoms with Gasteiger partial charge >= 0.3 is 0 Å². The summed E-state index contributed by atoms with van der Waals surface area (Å²) in [5.74, 6) is 0.141. The maximum absolute atomic E-state index is 12.4. The van der Waals surface area contributed by atoms with Crippen molar-refractivity contribution in [1.29, 1.82) is 0 Å². The number of thiophene rings is 1. The third-order valence-corrected chi connectivity index (χ3v) is 4.19. The maximum Gasteiger partial charge on any atom is 0.268 e. The largest absolute Gasteiger partial charge is 0.307 e. The number of carbonyl (C=O) groups excluding carboxylic acids is 1. The Bertz CT molecular complexity index is 573. The first-order chi connectivity index (χ1) is 8.27. The summed E-state index contributed by atoms with van der Waals surface area (Å²) in [5.41, 5.74) is 3.42. The molecule has 2 nitrogen and oxygen atoms in total. The van der Waals surface area contributed by atoms with Crippen LogP contribution < -0.4 is 4.90 Å². The van der Waals surface area contributed by atoms with Crippen LogP contribution in [0.1, 0.15) is 20.8 Å². The number of anilines is 1. The third-order valence-electron chi connectivity index (χ3n) is 3.19. The predicted octanol–water partition coefficient (Wildman–Crippen LogP) is 3.26. The van der Waals surface area contributed by atoms with E-state index in [-0.39, 0.29) is 5.91 Å². The molecule has 2 heterocycles. The van der Waals surface area contributed by atoms with Crippen molar-refractivity contribution in [2.75, 3.05) is 11.4 Å². The Labute approximate surface area is 105 Å². The quantitative estimate of drug-likeness (QED) is 0.753. The monoisotopic (exact) mass is 243 g/mol. The predicted molar refractivity (Wildman–Crippen MR) is 70.9 cm³/mol. The number of carbonyl (C=O) groups is 1. The molecule has 0 saturated carbocycles. The van der Waals surface area contributed by atoms with E-state index in [1.54, 1.807) is 0 Å². The zero-order valence-electron chi connectivity index (χ0n) is 9.64. The van der Waals surface area contributed by atoms with Crippen LogP contribution in [-0.4, -0.2) is 12.5 Å². The number of aryl methyl sites for hydroxylation is 1. The maximum atomic E-state index is 12.4. The zero-order valence-corrected chi connectivity index (χ0v) is 10.5. The molecule has 1 aromatic heterocycles. The molecule has 1 aliphatic heterocycles. The van der Waals surface area contributed by atoms with Crippen LogP contribution in [-0.2, 0) is 6.42 Å². The van der Waals surface area contributed by atoms with E-state index >= 15 is 0 Å². The highest BCUT2D eigenvalue weighted by Crippen LogP contribution is 2.30. The summed E-state index contributed by atoms with van der Waals surface area (Å²) in [7, 11) is 0. The Kier molecular flexibility index (Phi) is 2.48. The van der Waals surface area contributed by atoms with Gasteiger partial charge < -0.3 is 4.90 Å². The molecule has 0 spiro atoms. The fourth-order valence-electron chi connectivity index (χ4n) is 2.26. The van der Waals surface area contributed by atoms with Crippen LogP contribution in [0.3, 0.4) is 0 Å². The minimum absolute atomic E-state index is 0.141. The molecule has 17 heavy (non-hydrogen) atoms. The van der Waals surface area contributed by atoms with E-state index in [4.69, 9.17) is 0 Å². The van der Waals surface area contributed by atoms with Gasteiger partial charge in [0, 0.05) is 12.2 Å². The van der Waals surface area contributed by atoms with Crippen molar-refractivity contribution in [2.45, 2.75) is 13.3 Å². The van der Waals surface area contributed by atoms with Crippen molar-refractivity contribution in [3.63, 3.8) is 0 Å². The molecular formula is C14H13NOS. The lowest BCUT2D eigenvalue weighted by Crippen LogP contribution is -2.28. The first-order valence-corrected chi connectivity index (χ1v) is 6.59. The van der Waals surface area contributed by atoms with Gasteiger partial charge in [-0.1, -0.05) is 18.2 Å². The molecule has 2 aromatic rings. The van der Waals surface area contributed by atoms with Crippen molar-refractivity contribution in [3.05, 3.63) is 51.7 Å². The molecule has 0 radical (unpaired) electrons. The molecule has 0 fully saturated rings. The van der Waals surface area contributed by atoms with Gasteiger partial charge in [-0.05, 0) is 42.0 Å². The van der Waals surface area contributed by atoms with E-state index in [0.717, 1.165) is 29.1 Å². The second kappa shape index (κ2) is 4.00. The molecular weight excluding hydrogens is 230 g/mol. The highest BCUT2D eigenvalue weighted by atomic mass is 32.1. The highest BCUT2D eigenvalue weighted by molar-refractivity contribution is 7.12. The van der Waals surface area contributed by atoms with Gasteiger partial charge in [0.1, 0.15) is 0 Å². The minimum Gasteiger partial charge on any atom is -0.307 e. The summed E-state index contributed by atoms with van der Waals surface area (Å²) in [5, 5.41) is 1.98. The topological polar surface area (TPSA) is 20.3 Å². The van der Waals surface area contributed by atoms with Gasteiger partial charge in [-0.2, -0.15) is 0 Å². The van der Waals surface area contributed by atoms with E-state index in [0.29, 0.717) is 0 Å². The minimum atomic E-state index is 0.141. The Hall–Kier alpha value is -1.61. The summed E-state index contributed by atoms with van der Waals surface area (Å²) in [4.78, 5) is 15.2. The van der Waals surface area contributed by atoms with Gasteiger partial charge in [-0.3, -0.25) is 4.79 Å². The molecule has 86 valence electrons. The highest BCUT2D eigenvalue weighted by Gasteiger charge is 2.26. The number of nitrogens with zero attached hydrogens (tertiary/aromatic N) is 1. The number of para-hydroxylation sites is 1. The number of hydrogen-bond acceptors (Lipinski definition) is 2. The molecule has 0 N–H and O–H groups in total. The van der Waals surface area contributed by atoms with Crippen molar-refractivity contribution < 1.29 is 4.79 Å². The number of rotatable bonds is 1. The lowest BCUT2D eigenvalue weighted by Gasteiger charge is -2.16. The third kappa shape index (κ3) is 1.67. The van der Waals surface area contributed by atoms with Crippen LogP contribution in [0.15, 0.2) is 35.7 Å². The Morgan fingerprint density at radius 2 is 2.12 bits per heavy atom. The average molecular weight is 243 g/mol. The van der Waals surface area contributed by atoms with E-state index in [1.165, 1.54) is 16.9 Å². The summed E-state index contributed by atoms with van der Waals surface area (Å²) >= 11 is 1.53. The smallest absolute Gasteiger partial charge is 0.268 e. The van der Waals surface area contributed by atoms with Crippen LogP contribution in [0.4, 0.5) is 5.69 Å². The number of fused-ring (bicyclic) bond motifs is 1. The number of hydrogen-bond donors (Lipinski definition) is 0. The molecule has 1 aromatic carbocycles. The molecule has 0 aliphatic carbocycles. The van der Waals surface area contributed by atoms with Crippen molar-refractivity contribution in [1.82, 2.24) is 0 Å². The number of amides is 1. The standard InChI is InChI=1S/C14H13NOS/c1-10-7-9-17-13(10)14(16)15-8-6-11-4-2-3-5-12(11)15/h2-5,7,9H,6,8H2,1H3. The summed E-state index contributed by atoms with van der Waals surface area (Å²) in [6, 6.07) is 10.2. The van der Waals surface area contributed by atoms with Crippen LogP contribution in [0, 0.1) is 6.92 Å². The van der Waals surface area contributed by atoms with E-state index in [2.05, 4.69) is 6.07 Å². The molecule has 1 aliphatic rings. The summed E-state index contributed by atoms with van der Waals surface area (Å²) < 4.78 is 0. The van der Waals surface area contributed by atoms with Crippen molar-refractivity contribution in [2.24, 2.45) is 0 Å². The second-order valence-corrected chi connectivity index (χ2v) is 5.18. The van der Waals surface area contributed by atoms with Crippen molar-refractivity contribution in [3.8, 4) is 0 Å². The molecule has 3 heteroatoms. The first-order valence-electron chi connectivity index (χ1n) is 5.71. The molecule has 0 bridgehead atoms. The Morgan fingerprint density at radius 1 is 1.29 bits per heavy atom. The second-order valence-electron chi connectivity index (χ2n) is 4.27. The van der Waals surface area contributed by atoms with Gasteiger partial charge in [0.15, 0.2) is 0 Å². The molecule has 0 unspecified atom stereocenters. The molecule has 0 saturated heterocycles. The normalized spacial score (nSPS) is 13.8. The van der Waals surface area contributed by atoms with E-state index < -0.39 is 0 Å². The van der Waals surface area contributed by atoms with Crippen molar-refractivity contribution >= 4 is 22.9 Å². The van der Waals surface area contributed by atoms with Gasteiger partial charge in [-0.25, -0.2) is 0 Å². The van der Waals surface area contributed by atoms with Gasteiger partial charge in [-0.15, -0.1) is 11.3 Å². The lowest BCUT2D eigenvalue weighted by molar-refractivity contribution is 0.0993.